The van der Waals surface area contributed by atoms with Crippen molar-refractivity contribution < 1.29 is 24.6 Å². The van der Waals surface area contributed by atoms with Crippen LogP contribution in [0.25, 0.3) is 11.0 Å². The van der Waals surface area contributed by atoms with E-state index in [-0.39, 0.29) is 5.69 Å². The molecule has 3 heterocycles. The van der Waals surface area contributed by atoms with E-state index in [4.69, 9.17) is 9.84 Å². The van der Waals surface area contributed by atoms with Gasteiger partial charge in [0, 0.05) is 0 Å². The first-order valence-electron chi connectivity index (χ1n) is 5.77. The van der Waals surface area contributed by atoms with Crippen molar-refractivity contribution in [3.05, 3.63) is 18.2 Å². The molecule has 0 radical (unpaired) electrons. The van der Waals surface area contributed by atoms with Crippen LogP contribution in [0, 0.1) is 0 Å². The zero-order valence-corrected chi connectivity index (χ0v) is 10.9. The Bertz CT molecular complexity index is 651. The average molecular weight is 298 g/mol. The van der Waals surface area contributed by atoms with Gasteiger partial charge in [0.2, 0.25) is 5.34 Å². The largest absolute Gasteiger partial charge is 0.394 e. The van der Waals surface area contributed by atoms with Crippen molar-refractivity contribution in [3.8, 4) is 0 Å². The highest BCUT2D eigenvalue weighted by Crippen LogP contribution is 2.48. The molecule has 0 aliphatic carbocycles. The number of aliphatic hydroxyl groups is 3. The van der Waals surface area contributed by atoms with E-state index < -0.39 is 38.7 Å². The minimum absolute atomic E-state index is 0.267. The van der Waals surface area contributed by atoms with Gasteiger partial charge in [-0.2, -0.15) is 5.10 Å². The summed E-state index contributed by atoms with van der Waals surface area (Å²) in [5.41, 5.74) is 1.10. The number of aliphatic hydroxyl groups excluding tert-OH is 2. The standard InChI is InChI=1S/C10H11N4O5P/c15-2-5-8(16)10(17,20-18)9(19-5)7-6-4(13-14-7)1-11-3-12-6/h1,3,5,8-9,15-17H,2H2,(H,13,14)/t5-,8-,9+,10+/m1/s1. The lowest BCUT2D eigenvalue weighted by molar-refractivity contribution is -0.0245. The van der Waals surface area contributed by atoms with Gasteiger partial charge in [-0.3, -0.25) is 9.66 Å². The van der Waals surface area contributed by atoms with Gasteiger partial charge in [0.25, 0.3) is 0 Å². The minimum Gasteiger partial charge on any atom is -0.394 e. The molecule has 0 saturated carbocycles. The molecule has 106 valence electrons. The molecule has 0 spiro atoms. The predicted molar refractivity (Wildman–Crippen MR) is 64.9 cm³/mol. The average Bonchev–Trinajstić information content (AvgIpc) is 3.00. The Labute approximate surface area is 113 Å². The van der Waals surface area contributed by atoms with Crippen LogP contribution >= 0.6 is 8.46 Å². The topological polar surface area (TPSA) is 141 Å². The fourth-order valence-electron chi connectivity index (χ4n) is 2.27. The fourth-order valence-corrected chi connectivity index (χ4v) is 2.83. The summed E-state index contributed by atoms with van der Waals surface area (Å²) in [5, 5.41) is 33.9. The first-order valence-corrected chi connectivity index (χ1v) is 6.58. The smallest absolute Gasteiger partial charge is 0.204 e. The molecule has 4 N–H and O–H groups in total. The molecule has 1 aliphatic heterocycles. The number of fused-ring (bicyclic) bond motifs is 1. The first-order chi connectivity index (χ1) is 9.61. The van der Waals surface area contributed by atoms with Crippen LogP contribution in [0.15, 0.2) is 12.5 Å². The molecule has 2 aromatic rings. The molecular weight excluding hydrogens is 287 g/mol. The van der Waals surface area contributed by atoms with E-state index in [9.17, 15) is 14.8 Å². The van der Waals surface area contributed by atoms with Gasteiger partial charge in [0.1, 0.15) is 35.7 Å². The summed E-state index contributed by atoms with van der Waals surface area (Å²) < 4.78 is 16.7. The number of rotatable bonds is 3. The highest BCUT2D eigenvalue weighted by Gasteiger charge is 2.58. The van der Waals surface area contributed by atoms with Crippen LogP contribution in [0.2, 0.25) is 0 Å². The molecule has 10 heteroatoms. The van der Waals surface area contributed by atoms with Crippen molar-refractivity contribution in [1.82, 2.24) is 20.2 Å². The third-order valence-electron chi connectivity index (χ3n) is 3.32. The van der Waals surface area contributed by atoms with Crippen LogP contribution < -0.4 is 0 Å². The number of hydrogen-bond donors (Lipinski definition) is 4. The molecule has 9 nitrogen and oxygen atoms in total. The van der Waals surface area contributed by atoms with Gasteiger partial charge in [-0.05, 0) is 0 Å². The molecular formula is C10H11N4O5P. The first kappa shape index (κ1) is 13.5. The number of hydrogen-bond acceptors (Lipinski definition) is 8. The monoisotopic (exact) mass is 298 g/mol. The maximum Gasteiger partial charge on any atom is 0.204 e. The number of H-pyrrole nitrogens is 1. The molecule has 20 heavy (non-hydrogen) atoms. The van der Waals surface area contributed by atoms with Crippen molar-refractivity contribution in [2.45, 2.75) is 23.7 Å². The van der Waals surface area contributed by atoms with Gasteiger partial charge in [-0.15, -0.1) is 0 Å². The van der Waals surface area contributed by atoms with Gasteiger partial charge in [-0.1, -0.05) is 0 Å². The maximum atomic E-state index is 11.3. The molecule has 3 rings (SSSR count). The molecule has 1 aliphatic rings. The second-order valence-corrected chi connectivity index (χ2v) is 5.35. The summed E-state index contributed by atoms with van der Waals surface area (Å²) in [7, 11) is -0.722. The lowest BCUT2D eigenvalue weighted by Crippen LogP contribution is -2.41. The van der Waals surface area contributed by atoms with Crippen molar-refractivity contribution >= 4 is 19.5 Å². The van der Waals surface area contributed by atoms with Gasteiger partial charge < -0.3 is 20.1 Å². The maximum absolute atomic E-state index is 11.3. The second kappa shape index (κ2) is 4.80. The molecule has 1 saturated heterocycles. The van der Waals surface area contributed by atoms with E-state index in [0.717, 1.165) is 0 Å². The zero-order valence-electron chi connectivity index (χ0n) is 10.0. The Hall–Kier alpha value is -1.51. The highest BCUT2D eigenvalue weighted by molar-refractivity contribution is 7.25. The minimum atomic E-state index is -2.09. The number of nitrogens with zero attached hydrogens (tertiary/aromatic N) is 3. The third kappa shape index (κ3) is 1.75. The molecule has 0 bridgehead atoms. The summed E-state index contributed by atoms with van der Waals surface area (Å²) in [6.07, 6.45) is -0.952. The SMILES string of the molecule is O=P[C@@]1(O)[C@H](O)[C@@H](CO)O[C@H]1c1[nH]nc2cncnc12. The lowest BCUT2D eigenvalue weighted by atomic mass is 10.0. The Morgan fingerprint density at radius 2 is 2.35 bits per heavy atom. The predicted octanol–water partition coefficient (Wildman–Crippen LogP) is -0.874. The molecule has 1 fully saturated rings. The summed E-state index contributed by atoms with van der Waals surface area (Å²) in [6, 6.07) is 0. The molecule has 0 amide bonds. The normalized spacial score (nSPS) is 34.0. The van der Waals surface area contributed by atoms with Crippen LogP contribution in [0.3, 0.4) is 0 Å². The molecule has 0 aromatic carbocycles. The van der Waals surface area contributed by atoms with Crippen LogP contribution in [-0.4, -0.2) is 59.6 Å². The second-order valence-electron chi connectivity index (χ2n) is 4.45. The Kier molecular flexibility index (Phi) is 3.23. The van der Waals surface area contributed by atoms with Crippen LogP contribution in [0.5, 0.6) is 0 Å². The Balaban J connectivity index is 2.11. The number of aromatic nitrogens is 4. The highest BCUT2D eigenvalue weighted by atomic mass is 31.1. The number of nitrogens with one attached hydrogen (secondary N) is 1. The van der Waals surface area contributed by atoms with Gasteiger partial charge in [0.05, 0.1) is 18.5 Å². The lowest BCUT2D eigenvalue weighted by Gasteiger charge is -2.22. The van der Waals surface area contributed by atoms with Gasteiger partial charge in [-0.25, -0.2) is 9.97 Å². The van der Waals surface area contributed by atoms with E-state index in [2.05, 4.69) is 20.2 Å². The number of ether oxygens (including phenoxy) is 1. The summed E-state index contributed by atoms with van der Waals surface area (Å²) >= 11 is 0. The van der Waals surface area contributed by atoms with Gasteiger partial charge >= 0.3 is 0 Å². The summed E-state index contributed by atoms with van der Waals surface area (Å²) in [4.78, 5) is 7.82. The number of aromatic amines is 1. The zero-order chi connectivity index (χ0) is 14.3. The van der Waals surface area contributed by atoms with E-state index >= 15 is 0 Å². The Morgan fingerprint density at radius 1 is 1.55 bits per heavy atom. The summed E-state index contributed by atoms with van der Waals surface area (Å²) in [5.74, 6) is 0. The third-order valence-corrected chi connectivity index (χ3v) is 4.11. The van der Waals surface area contributed by atoms with E-state index in [1.807, 2.05) is 0 Å². The Morgan fingerprint density at radius 3 is 3.05 bits per heavy atom. The van der Waals surface area contributed by atoms with E-state index in [1.54, 1.807) is 0 Å². The van der Waals surface area contributed by atoms with E-state index in [1.165, 1.54) is 12.5 Å². The quantitative estimate of drug-likeness (QED) is 0.535. The van der Waals surface area contributed by atoms with Crippen molar-refractivity contribution in [3.63, 3.8) is 0 Å². The van der Waals surface area contributed by atoms with Gasteiger partial charge in [0.15, 0.2) is 8.46 Å². The fraction of sp³-hybridized carbons (Fsp3) is 0.500. The van der Waals surface area contributed by atoms with Crippen LogP contribution in [-0.2, 0) is 9.30 Å². The molecule has 2 aromatic heterocycles. The molecule has 0 unspecified atom stereocenters. The van der Waals surface area contributed by atoms with Crippen molar-refractivity contribution in [1.29, 1.82) is 0 Å². The molecule has 4 atom stereocenters. The van der Waals surface area contributed by atoms with Crippen LogP contribution in [0.4, 0.5) is 0 Å². The summed E-state index contributed by atoms with van der Waals surface area (Å²) in [6.45, 7) is -0.517. The van der Waals surface area contributed by atoms with Crippen molar-refractivity contribution in [2.75, 3.05) is 6.61 Å². The van der Waals surface area contributed by atoms with Crippen LogP contribution in [0.1, 0.15) is 11.8 Å². The van der Waals surface area contributed by atoms with Crippen molar-refractivity contribution in [2.24, 2.45) is 0 Å². The van der Waals surface area contributed by atoms with E-state index in [0.29, 0.717) is 11.0 Å².